The summed E-state index contributed by atoms with van der Waals surface area (Å²) >= 11 is 0. The molecule has 8 nitrogen and oxygen atoms in total. The number of carboxylic acids is 1. The number of alkyl carbamates (subject to hydrolysis) is 1. The van der Waals surface area contributed by atoms with Gasteiger partial charge in [0.25, 0.3) is 0 Å². The Morgan fingerprint density at radius 1 is 1.09 bits per heavy atom. The third-order valence-corrected chi connectivity index (χ3v) is 7.57. The molecule has 2 amide bonds. The highest BCUT2D eigenvalue weighted by Crippen LogP contribution is 2.44. The van der Waals surface area contributed by atoms with E-state index in [1.54, 1.807) is 11.8 Å². The standard InChI is InChI=1S/C27H30N2O6/c1-27(25(31)32)11-6-12-29(16-27)24(30)22-13-34-15-23(22)28-26(33)35-14-21-19-9-4-2-7-17(19)18-8-3-5-10-20(18)21/h2-5,7-10,21-23H,6,11-16H2,1H3,(H,28,33)(H,31,32). The SMILES string of the molecule is CC1(C(=O)O)CCCN(C(=O)C2COCC2NC(=O)OCC2c3ccccc3-c3ccccc32)C1. The lowest BCUT2D eigenvalue weighted by molar-refractivity contribution is -0.154. The van der Waals surface area contributed by atoms with Gasteiger partial charge in [-0.1, -0.05) is 48.5 Å². The van der Waals surface area contributed by atoms with Gasteiger partial charge in [0.1, 0.15) is 6.61 Å². The number of benzene rings is 2. The van der Waals surface area contributed by atoms with E-state index in [2.05, 4.69) is 29.6 Å². The summed E-state index contributed by atoms with van der Waals surface area (Å²) in [5, 5.41) is 12.4. The average Bonchev–Trinajstić information content (AvgIpc) is 3.44. The highest BCUT2D eigenvalue weighted by Gasteiger charge is 2.44. The number of likely N-dealkylation sites (tertiary alicyclic amines) is 1. The number of amides is 2. The fourth-order valence-electron chi connectivity index (χ4n) is 5.57. The topological polar surface area (TPSA) is 105 Å². The smallest absolute Gasteiger partial charge is 0.407 e. The highest BCUT2D eigenvalue weighted by molar-refractivity contribution is 5.83. The van der Waals surface area contributed by atoms with E-state index in [9.17, 15) is 19.5 Å². The molecule has 0 aromatic heterocycles. The summed E-state index contributed by atoms with van der Waals surface area (Å²) in [5.41, 5.74) is 3.61. The van der Waals surface area contributed by atoms with Gasteiger partial charge in [-0.2, -0.15) is 0 Å². The Morgan fingerprint density at radius 2 is 1.74 bits per heavy atom. The van der Waals surface area contributed by atoms with Crippen LogP contribution in [0.3, 0.4) is 0 Å². The molecule has 1 aliphatic carbocycles. The third kappa shape index (κ3) is 4.38. The predicted molar refractivity (Wildman–Crippen MR) is 128 cm³/mol. The summed E-state index contributed by atoms with van der Waals surface area (Å²) in [5.74, 6) is -1.69. The zero-order valence-electron chi connectivity index (χ0n) is 19.7. The van der Waals surface area contributed by atoms with Crippen LogP contribution in [0.4, 0.5) is 4.79 Å². The van der Waals surface area contributed by atoms with E-state index in [0.717, 1.165) is 22.3 Å². The summed E-state index contributed by atoms with van der Waals surface area (Å²) < 4.78 is 11.2. The van der Waals surface area contributed by atoms with Crippen LogP contribution in [0.25, 0.3) is 11.1 Å². The predicted octanol–water partition coefficient (Wildman–Crippen LogP) is 3.25. The third-order valence-electron chi connectivity index (χ3n) is 7.57. The number of nitrogens with zero attached hydrogens (tertiary/aromatic N) is 1. The fraction of sp³-hybridized carbons (Fsp3) is 0.444. The van der Waals surface area contributed by atoms with Crippen molar-refractivity contribution in [3.05, 3.63) is 59.7 Å². The first-order valence-corrected chi connectivity index (χ1v) is 12.1. The van der Waals surface area contributed by atoms with Gasteiger partial charge in [0.15, 0.2) is 0 Å². The van der Waals surface area contributed by atoms with Crippen molar-refractivity contribution in [2.24, 2.45) is 11.3 Å². The molecule has 3 aliphatic rings. The molecular weight excluding hydrogens is 448 g/mol. The molecule has 2 fully saturated rings. The van der Waals surface area contributed by atoms with E-state index >= 15 is 0 Å². The molecule has 0 saturated carbocycles. The largest absolute Gasteiger partial charge is 0.481 e. The molecular formula is C27H30N2O6. The number of ether oxygens (including phenoxy) is 2. The second-order valence-electron chi connectivity index (χ2n) is 9.95. The van der Waals surface area contributed by atoms with Gasteiger partial charge in [-0.15, -0.1) is 0 Å². The van der Waals surface area contributed by atoms with Crippen molar-refractivity contribution in [2.45, 2.75) is 31.7 Å². The highest BCUT2D eigenvalue weighted by atomic mass is 16.5. The van der Waals surface area contributed by atoms with Gasteiger partial charge < -0.3 is 24.8 Å². The maximum absolute atomic E-state index is 13.2. The minimum atomic E-state index is -0.955. The summed E-state index contributed by atoms with van der Waals surface area (Å²) in [6.07, 6.45) is 0.579. The quantitative estimate of drug-likeness (QED) is 0.684. The van der Waals surface area contributed by atoms with Gasteiger partial charge >= 0.3 is 12.1 Å². The first-order chi connectivity index (χ1) is 16.9. The fourth-order valence-corrected chi connectivity index (χ4v) is 5.57. The van der Waals surface area contributed by atoms with Crippen molar-refractivity contribution in [1.82, 2.24) is 10.2 Å². The molecule has 184 valence electrons. The second-order valence-corrected chi connectivity index (χ2v) is 9.95. The molecule has 3 unspecified atom stereocenters. The Hall–Kier alpha value is -3.39. The first-order valence-electron chi connectivity index (χ1n) is 12.1. The monoisotopic (exact) mass is 478 g/mol. The Bertz CT molecular complexity index is 1100. The molecule has 3 atom stereocenters. The molecule has 2 aromatic carbocycles. The normalized spacial score (nSPS) is 25.6. The molecule has 0 spiro atoms. The van der Waals surface area contributed by atoms with Crippen LogP contribution in [0.2, 0.25) is 0 Å². The number of fused-ring (bicyclic) bond motifs is 3. The second kappa shape index (κ2) is 9.34. The minimum Gasteiger partial charge on any atom is -0.481 e. The van der Waals surface area contributed by atoms with Crippen molar-refractivity contribution in [3.8, 4) is 11.1 Å². The number of hydrogen-bond donors (Lipinski definition) is 2. The van der Waals surface area contributed by atoms with Crippen LogP contribution in [0.5, 0.6) is 0 Å². The van der Waals surface area contributed by atoms with Crippen LogP contribution in [0.15, 0.2) is 48.5 Å². The van der Waals surface area contributed by atoms with Crippen molar-refractivity contribution in [2.75, 3.05) is 32.9 Å². The summed E-state index contributed by atoms with van der Waals surface area (Å²) in [4.78, 5) is 39.2. The number of rotatable bonds is 5. The number of carbonyl (C=O) groups excluding carboxylic acids is 2. The first kappa shape index (κ1) is 23.4. The molecule has 8 heteroatoms. The van der Waals surface area contributed by atoms with Crippen LogP contribution < -0.4 is 5.32 Å². The Morgan fingerprint density at radius 3 is 2.40 bits per heavy atom. The molecule has 2 aromatic rings. The number of piperidine rings is 1. The molecule has 2 N–H and O–H groups in total. The molecule has 2 aliphatic heterocycles. The maximum atomic E-state index is 13.2. The molecule has 0 bridgehead atoms. The van der Waals surface area contributed by atoms with Crippen molar-refractivity contribution in [3.63, 3.8) is 0 Å². The van der Waals surface area contributed by atoms with Crippen molar-refractivity contribution in [1.29, 1.82) is 0 Å². The van der Waals surface area contributed by atoms with E-state index in [4.69, 9.17) is 9.47 Å². The van der Waals surface area contributed by atoms with E-state index in [0.29, 0.717) is 19.4 Å². The Kier molecular flexibility index (Phi) is 6.23. The van der Waals surface area contributed by atoms with Crippen LogP contribution in [-0.2, 0) is 19.1 Å². The van der Waals surface area contributed by atoms with Gasteiger partial charge in [-0.05, 0) is 42.0 Å². The number of carbonyl (C=O) groups is 3. The van der Waals surface area contributed by atoms with Crippen LogP contribution >= 0.6 is 0 Å². The van der Waals surface area contributed by atoms with Gasteiger partial charge in [0.2, 0.25) is 5.91 Å². The van der Waals surface area contributed by atoms with E-state index < -0.39 is 29.4 Å². The zero-order chi connectivity index (χ0) is 24.6. The van der Waals surface area contributed by atoms with Crippen molar-refractivity contribution < 1.29 is 29.0 Å². The van der Waals surface area contributed by atoms with Crippen molar-refractivity contribution >= 4 is 18.0 Å². The van der Waals surface area contributed by atoms with E-state index in [1.165, 1.54) is 0 Å². The van der Waals surface area contributed by atoms with Gasteiger partial charge in [-0.3, -0.25) is 9.59 Å². The molecule has 2 saturated heterocycles. The van der Waals surface area contributed by atoms with Gasteiger partial charge in [0.05, 0.1) is 30.6 Å². The summed E-state index contributed by atoms with van der Waals surface area (Å²) in [7, 11) is 0. The number of carboxylic acid groups (broad SMARTS) is 1. The number of nitrogens with one attached hydrogen (secondary N) is 1. The van der Waals surface area contributed by atoms with Gasteiger partial charge in [0, 0.05) is 19.0 Å². The maximum Gasteiger partial charge on any atom is 0.407 e. The lowest BCUT2D eigenvalue weighted by Crippen LogP contribution is -2.53. The van der Waals surface area contributed by atoms with Crippen LogP contribution in [0, 0.1) is 11.3 Å². The summed E-state index contributed by atoms with van der Waals surface area (Å²) in [6.45, 7) is 2.94. The minimum absolute atomic E-state index is 0.0487. The lowest BCUT2D eigenvalue weighted by Gasteiger charge is -2.39. The molecule has 0 radical (unpaired) electrons. The Balaban J connectivity index is 1.21. The average molecular weight is 479 g/mol. The molecule has 5 rings (SSSR count). The number of aliphatic carboxylic acids is 1. The molecule has 2 heterocycles. The molecule has 35 heavy (non-hydrogen) atoms. The van der Waals surface area contributed by atoms with Crippen LogP contribution in [-0.4, -0.2) is 66.9 Å². The lowest BCUT2D eigenvalue weighted by atomic mass is 9.81. The summed E-state index contributed by atoms with van der Waals surface area (Å²) in [6, 6.07) is 15.7. The van der Waals surface area contributed by atoms with Crippen LogP contribution in [0.1, 0.15) is 36.8 Å². The Labute approximate surface area is 204 Å². The number of hydrogen-bond acceptors (Lipinski definition) is 5. The zero-order valence-corrected chi connectivity index (χ0v) is 19.7. The van der Waals surface area contributed by atoms with E-state index in [1.807, 2.05) is 24.3 Å². The van der Waals surface area contributed by atoms with Gasteiger partial charge in [-0.25, -0.2) is 4.79 Å². The van der Waals surface area contributed by atoms with E-state index in [-0.39, 0.29) is 38.2 Å².